The maximum atomic E-state index is 10.9. The molecule has 0 saturated heterocycles. The maximum absolute atomic E-state index is 10.9. The Balaban J connectivity index is 2.03. The lowest BCUT2D eigenvalue weighted by molar-refractivity contribution is -0.385. The minimum Gasteiger partial charge on any atom is -0.396 e. The van der Waals surface area contributed by atoms with Gasteiger partial charge in [0.15, 0.2) is 0 Å². The molecule has 0 heterocycles. The number of nitrogens with one attached hydrogen (secondary N) is 1. The Hall–Kier alpha value is -1.62. The molecular formula is C15H22N2O3. The van der Waals surface area contributed by atoms with Gasteiger partial charge in [0.2, 0.25) is 0 Å². The van der Waals surface area contributed by atoms with Gasteiger partial charge in [0.25, 0.3) is 5.69 Å². The third-order valence-corrected chi connectivity index (χ3v) is 4.36. The second-order valence-corrected chi connectivity index (χ2v) is 5.57. The highest BCUT2D eigenvalue weighted by Gasteiger charge is 2.24. The van der Waals surface area contributed by atoms with Crippen LogP contribution in [-0.2, 0) is 0 Å². The summed E-state index contributed by atoms with van der Waals surface area (Å²) < 4.78 is 0. The van der Waals surface area contributed by atoms with E-state index >= 15 is 0 Å². The quantitative estimate of drug-likeness (QED) is 0.641. The molecule has 1 aromatic rings. The van der Waals surface area contributed by atoms with Crippen LogP contribution in [0, 0.1) is 28.9 Å². The minimum atomic E-state index is -0.350. The normalized spacial score (nSPS) is 22.5. The zero-order valence-electron chi connectivity index (χ0n) is 11.8. The van der Waals surface area contributed by atoms with Crippen LogP contribution in [-0.4, -0.2) is 23.2 Å². The van der Waals surface area contributed by atoms with Crippen molar-refractivity contribution in [2.24, 2.45) is 11.8 Å². The number of aliphatic hydroxyl groups is 1. The van der Waals surface area contributed by atoms with Crippen LogP contribution in [0.15, 0.2) is 18.2 Å². The molecule has 2 rings (SSSR count). The van der Waals surface area contributed by atoms with E-state index < -0.39 is 0 Å². The van der Waals surface area contributed by atoms with Gasteiger partial charge in [-0.25, -0.2) is 0 Å². The fourth-order valence-electron chi connectivity index (χ4n) is 3.05. The lowest BCUT2D eigenvalue weighted by Crippen LogP contribution is -2.28. The molecule has 1 aliphatic rings. The van der Waals surface area contributed by atoms with Gasteiger partial charge in [0.05, 0.1) is 4.92 Å². The van der Waals surface area contributed by atoms with E-state index in [9.17, 15) is 15.2 Å². The second kappa shape index (κ2) is 6.70. The molecule has 0 bridgehead atoms. The van der Waals surface area contributed by atoms with Crippen molar-refractivity contribution in [3.63, 3.8) is 0 Å². The average Bonchev–Trinajstić information content (AvgIpc) is 2.46. The first-order valence-electron chi connectivity index (χ1n) is 7.22. The van der Waals surface area contributed by atoms with Gasteiger partial charge in [0, 0.05) is 30.5 Å². The minimum absolute atomic E-state index is 0.150. The first kappa shape index (κ1) is 14.8. The molecule has 1 aromatic carbocycles. The SMILES string of the molecule is Cc1c(NCC2CCCCC2CO)cccc1[N+](=O)[O-]. The maximum Gasteiger partial charge on any atom is 0.274 e. The summed E-state index contributed by atoms with van der Waals surface area (Å²) in [4.78, 5) is 10.6. The van der Waals surface area contributed by atoms with Crippen LogP contribution in [0.25, 0.3) is 0 Å². The van der Waals surface area contributed by atoms with Gasteiger partial charge >= 0.3 is 0 Å². The van der Waals surface area contributed by atoms with Crippen molar-refractivity contribution in [3.8, 4) is 0 Å². The molecule has 1 saturated carbocycles. The molecule has 5 nitrogen and oxygen atoms in total. The van der Waals surface area contributed by atoms with Crippen molar-refractivity contribution in [3.05, 3.63) is 33.9 Å². The van der Waals surface area contributed by atoms with Crippen LogP contribution in [0.3, 0.4) is 0 Å². The molecule has 0 amide bonds. The summed E-state index contributed by atoms with van der Waals surface area (Å²) in [7, 11) is 0. The summed E-state index contributed by atoms with van der Waals surface area (Å²) in [5.74, 6) is 0.808. The molecule has 2 N–H and O–H groups in total. The Morgan fingerprint density at radius 3 is 2.70 bits per heavy atom. The fraction of sp³-hybridized carbons (Fsp3) is 0.600. The number of benzene rings is 1. The Bertz CT molecular complexity index is 476. The Labute approximate surface area is 119 Å². The Kier molecular flexibility index (Phi) is 4.95. The number of rotatable bonds is 5. The number of hydrogen-bond acceptors (Lipinski definition) is 4. The molecule has 2 atom stereocenters. The zero-order chi connectivity index (χ0) is 14.5. The van der Waals surface area contributed by atoms with Crippen LogP contribution in [0.2, 0.25) is 0 Å². The Morgan fingerprint density at radius 1 is 1.35 bits per heavy atom. The van der Waals surface area contributed by atoms with Gasteiger partial charge < -0.3 is 10.4 Å². The summed E-state index contributed by atoms with van der Waals surface area (Å²) in [5, 5.41) is 23.7. The number of hydrogen-bond donors (Lipinski definition) is 2. The van der Waals surface area contributed by atoms with Gasteiger partial charge in [-0.1, -0.05) is 18.9 Å². The van der Waals surface area contributed by atoms with Crippen LogP contribution in [0.4, 0.5) is 11.4 Å². The topological polar surface area (TPSA) is 75.4 Å². The molecule has 5 heteroatoms. The van der Waals surface area contributed by atoms with E-state index in [-0.39, 0.29) is 17.2 Å². The van der Waals surface area contributed by atoms with Crippen molar-refractivity contribution >= 4 is 11.4 Å². The standard InChI is InChI=1S/C15H22N2O3/c1-11-14(7-4-8-15(11)17(19)20)16-9-12-5-2-3-6-13(12)10-18/h4,7-8,12-13,16,18H,2-3,5-6,9-10H2,1H3. The monoisotopic (exact) mass is 278 g/mol. The Morgan fingerprint density at radius 2 is 2.05 bits per heavy atom. The summed E-state index contributed by atoms with van der Waals surface area (Å²) in [5.41, 5.74) is 1.65. The smallest absolute Gasteiger partial charge is 0.274 e. The molecule has 1 aliphatic carbocycles. The van der Waals surface area contributed by atoms with Crippen LogP contribution >= 0.6 is 0 Å². The molecule has 2 unspecified atom stereocenters. The van der Waals surface area contributed by atoms with Crippen molar-refractivity contribution in [2.45, 2.75) is 32.6 Å². The van der Waals surface area contributed by atoms with Crippen molar-refractivity contribution < 1.29 is 10.0 Å². The molecular weight excluding hydrogens is 256 g/mol. The fourth-order valence-corrected chi connectivity index (χ4v) is 3.05. The van der Waals surface area contributed by atoms with E-state index in [0.717, 1.165) is 25.1 Å². The number of nitro benzene ring substituents is 1. The van der Waals surface area contributed by atoms with E-state index in [1.165, 1.54) is 18.9 Å². The number of aliphatic hydroxyl groups excluding tert-OH is 1. The number of nitro groups is 1. The summed E-state index contributed by atoms with van der Waals surface area (Å²) in [6.45, 7) is 2.78. The first-order chi connectivity index (χ1) is 9.63. The molecule has 0 spiro atoms. The summed E-state index contributed by atoms with van der Waals surface area (Å²) in [6.07, 6.45) is 4.59. The molecule has 0 radical (unpaired) electrons. The largest absolute Gasteiger partial charge is 0.396 e. The molecule has 20 heavy (non-hydrogen) atoms. The van der Waals surface area contributed by atoms with E-state index in [1.54, 1.807) is 13.0 Å². The van der Waals surface area contributed by atoms with E-state index in [4.69, 9.17) is 0 Å². The highest BCUT2D eigenvalue weighted by atomic mass is 16.6. The zero-order valence-corrected chi connectivity index (χ0v) is 11.8. The predicted octanol–water partition coefficient (Wildman–Crippen LogP) is 3.11. The first-order valence-corrected chi connectivity index (χ1v) is 7.22. The summed E-state index contributed by atoms with van der Waals surface area (Å²) >= 11 is 0. The van der Waals surface area contributed by atoms with Gasteiger partial charge in [0.1, 0.15) is 0 Å². The molecule has 110 valence electrons. The van der Waals surface area contributed by atoms with Gasteiger partial charge in [-0.05, 0) is 37.7 Å². The third-order valence-electron chi connectivity index (χ3n) is 4.36. The highest BCUT2D eigenvalue weighted by molar-refractivity contribution is 5.59. The van der Waals surface area contributed by atoms with E-state index in [2.05, 4.69) is 5.32 Å². The molecule has 1 fully saturated rings. The third kappa shape index (κ3) is 3.28. The summed E-state index contributed by atoms with van der Waals surface area (Å²) in [6, 6.07) is 5.11. The predicted molar refractivity (Wildman–Crippen MR) is 78.9 cm³/mol. The van der Waals surface area contributed by atoms with Gasteiger partial charge in [-0.3, -0.25) is 10.1 Å². The number of anilines is 1. The molecule has 0 aromatic heterocycles. The highest BCUT2D eigenvalue weighted by Crippen LogP contribution is 2.31. The molecule has 0 aliphatic heterocycles. The second-order valence-electron chi connectivity index (χ2n) is 5.57. The van der Waals surface area contributed by atoms with E-state index in [1.807, 2.05) is 6.07 Å². The van der Waals surface area contributed by atoms with Gasteiger partial charge in [-0.15, -0.1) is 0 Å². The van der Waals surface area contributed by atoms with Crippen molar-refractivity contribution in [2.75, 3.05) is 18.5 Å². The van der Waals surface area contributed by atoms with Crippen molar-refractivity contribution in [1.29, 1.82) is 0 Å². The van der Waals surface area contributed by atoms with Crippen LogP contribution in [0.5, 0.6) is 0 Å². The van der Waals surface area contributed by atoms with E-state index in [0.29, 0.717) is 17.4 Å². The van der Waals surface area contributed by atoms with Crippen molar-refractivity contribution in [1.82, 2.24) is 0 Å². The van der Waals surface area contributed by atoms with Crippen LogP contribution in [0.1, 0.15) is 31.2 Å². The number of nitrogens with zero attached hydrogens (tertiary/aromatic N) is 1. The van der Waals surface area contributed by atoms with Crippen LogP contribution < -0.4 is 5.32 Å². The lowest BCUT2D eigenvalue weighted by Gasteiger charge is -2.30. The average molecular weight is 278 g/mol. The van der Waals surface area contributed by atoms with Gasteiger partial charge in [-0.2, -0.15) is 0 Å². The lowest BCUT2D eigenvalue weighted by atomic mass is 9.79.